The first-order chi connectivity index (χ1) is 7.86. The van der Waals surface area contributed by atoms with E-state index in [9.17, 15) is 0 Å². The van der Waals surface area contributed by atoms with E-state index < -0.39 is 0 Å². The third-order valence-electron chi connectivity index (χ3n) is 2.62. The molecule has 2 aromatic rings. The summed E-state index contributed by atoms with van der Waals surface area (Å²) < 4.78 is 2.15. The third kappa shape index (κ3) is 2.94. The van der Waals surface area contributed by atoms with Gasteiger partial charge in [-0.25, -0.2) is 4.98 Å². The monoisotopic (exact) mass is 215 g/mol. The van der Waals surface area contributed by atoms with E-state index in [4.69, 9.17) is 0 Å². The summed E-state index contributed by atoms with van der Waals surface area (Å²) in [6.07, 6.45) is 3.76. The Morgan fingerprint density at radius 3 is 2.75 bits per heavy atom. The second-order valence-corrected chi connectivity index (χ2v) is 3.89. The summed E-state index contributed by atoms with van der Waals surface area (Å²) in [5, 5.41) is 3.42. The lowest BCUT2D eigenvalue weighted by atomic mass is 10.2. The van der Waals surface area contributed by atoms with Crippen molar-refractivity contribution < 1.29 is 0 Å². The molecule has 0 aliphatic rings. The molecule has 1 aromatic carbocycles. The van der Waals surface area contributed by atoms with Crippen LogP contribution in [0.25, 0.3) is 0 Å². The summed E-state index contributed by atoms with van der Waals surface area (Å²) in [5.41, 5.74) is 2.53. The lowest BCUT2D eigenvalue weighted by Gasteiger charge is -2.07. The van der Waals surface area contributed by atoms with Crippen LogP contribution in [0.15, 0.2) is 42.9 Å². The van der Waals surface area contributed by atoms with Gasteiger partial charge in [-0.3, -0.25) is 0 Å². The largest absolute Gasteiger partial charge is 0.334 e. The van der Waals surface area contributed by atoms with Crippen LogP contribution in [0.5, 0.6) is 0 Å². The smallest absolute Gasteiger partial charge is 0.0948 e. The van der Waals surface area contributed by atoms with Gasteiger partial charge in [-0.05, 0) is 12.5 Å². The Kier molecular flexibility index (Phi) is 3.72. The quantitative estimate of drug-likeness (QED) is 0.773. The molecular weight excluding hydrogens is 198 g/mol. The molecule has 0 spiro atoms. The van der Waals surface area contributed by atoms with Crippen LogP contribution in [-0.4, -0.2) is 16.1 Å². The molecular formula is C13H17N3. The van der Waals surface area contributed by atoms with Crippen molar-refractivity contribution in [1.82, 2.24) is 14.9 Å². The van der Waals surface area contributed by atoms with Crippen molar-refractivity contribution in [3.05, 3.63) is 54.1 Å². The molecule has 1 heterocycles. The molecule has 2 rings (SSSR count). The first kappa shape index (κ1) is 10.9. The van der Waals surface area contributed by atoms with E-state index in [2.05, 4.69) is 46.1 Å². The lowest BCUT2D eigenvalue weighted by Crippen LogP contribution is -2.19. The van der Waals surface area contributed by atoms with Crippen molar-refractivity contribution >= 4 is 0 Å². The molecule has 0 saturated heterocycles. The molecule has 16 heavy (non-hydrogen) atoms. The Balaban J connectivity index is 1.72. The van der Waals surface area contributed by atoms with Gasteiger partial charge in [0.15, 0.2) is 0 Å². The molecule has 0 saturated carbocycles. The van der Waals surface area contributed by atoms with Gasteiger partial charge >= 0.3 is 0 Å². The summed E-state index contributed by atoms with van der Waals surface area (Å²) >= 11 is 0. The van der Waals surface area contributed by atoms with Crippen LogP contribution in [0.2, 0.25) is 0 Å². The molecule has 3 heteroatoms. The Bertz CT molecular complexity index is 420. The van der Waals surface area contributed by atoms with Crippen molar-refractivity contribution in [3.8, 4) is 0 Å². The molecule has 0 aliphatic carbocycles. The molecule has 84 valence electrons. The van der Waals surface area contributed by atoms with Gasteiger partial charge in [0.2, 0.25) is 0 Å². The van der Waals surface area contributed by atoms with Gasteiger partial charge in [0, 0.05) is 31.5 Å². The minimum atomic E-state index is 0.925. The van der Waals surface area contributed by atoms with Crippen LogP contribution in [0.1, 0.15) is 11.3 Å². The van der Waals surface area contributed by atoms with Crippen LogP contribution in [0, 0.1) is 6.92 Å². The van der Waals surface area contributed by atoms with E-state index in [1.165, 1.54) is 11.3 Å². The Morgan fingerprint density at radius 2 is 2.06 bits per heavy atom. The van der Waals surface area contributed by atoms with Gasteiger partial charge in [0.25, 0.3) is 0 Å². The maximum absolute atomic E-state index is 4.09. The maximum Gasteiger partial charge on any atom is 0.0948 e. The molecule has 1 N–H and O–H groups in total. The minimum absolute atomic E-state index is 0.925. The second kappa shape index (κ2) is 5.47. The average molecular weight is 215 g/mol. The highest BCUT2D eigenvalue weighted by Gasteiger charge is 1.95. The minimum Gasteiger partial charge on any atom is -0.334 e. The van der Waals surface area contributed by atoms with Crippen LogP contribution in [-0.2, 0) is 13.1 Å². The molecule has 0 unspecified atom stereocenters. The number of rotatable bonds is 5. The predicted octanol–water partition coefficient (Wildman–Crippen LogP) is 1.98. The highest BCUT2D eigenvalue weighted by molar-refractivity contribution is 5.14. The van der Waals surface area contributed by atoms with Gasteiger partial charge in [-0.2, -0.15) is 0 Å². The number of nitrogens with zero attached hydrogens (tertiary/aromatic N) is 2. The molecule has 0 aliphatic heterocycles. The van der Waals surface area contributed by atoms with Gasteiger partial charge in [-0.1, -0.05) is 30.3 Å². The van der Waals surface area contributed by atoms with Crippen molar-refractivity contribution in [1.29, 1.82) is 0 Å². The molecule has 0 atom stereocenters. The van der Waals surface area contributed by atoms with Crippen LogP contribution in [0.4, 0.5) is 0 Å². The predicted molar refractivity (Wildman–Crippen MR) is 65.1 cm³/mol. The summed E-state index contributed by atoms with van der Waals surface area (Å²) in [7, 11) is 0. The number of hydrogen-bond acceptors (Lipinski definition) is 2. The highest BCUT2D eigenvalue weighted by Crippen LogP contribution is 1.98. The topological polar surface area (TPSA) is 29.9 Å². The molecule has 0 bridgehead atoms. The zero-order valence-corrected chi connectivity index (χ0v) is 9.56. The van der Waals surface area contributed by atoms with Crippen molar-refractivity contribution in [2.75, 3.05) is 6.54 Å². The fourth-order valence-electron chi connectivity index (χ4n) is 1.65. The Morgan fingerprint density at radius 1 is 1.25 bits per heavy atom. The molecule has 0 fully saturated rings. The first-order valence-corrected chi connectivity index (χ1v) is 5.57. The molecule has 0 radical (unpaired) electrons. The summed E-state index contributed by atoms with van der Waals surface area (Å²) in [6.45, 7) is 4.93. The number of hydrogen-bond donors (Lipinski definition) is 1. The van der Waals surface area contributed by atoms with E-state index in [1.54, 1.807) is 0 Å². The van der Waals surface area contributed by atoms with E-state index >= 15 is 0 Å². The second-order valence-electron chi connectivity index (χ2n) is 3.89. The zero-order chi connectivity index (χ0) is 11.2. The summed E-state index contributed by atoms with van der Waals surface area (Å²) in [5.74, 6) is 0. The van der Waals surface area contributed by atoms with E-state index in [1.807, 2.05) is 18.6 Å². The number of imidazole rings is 1. The Hall–Kier alpha value is -1.61. The maximum atomic E-state index is 4.09. The third-order valence-corrected chi connectivity index (χ3v) is 2.62. The van der Waals surface area contributed by atoms with Crippen molar-refractivity contribution in [2.24, 2.45) is 0 Å². The van der Waals surface area contributed by atoms with Crippen LogP contribution < -0.4 is 5.32 Å². The molecule has 1 aromatic heterocycles. The first-order valence-electron chi connectivity index (χ1n) is 5.57. The summed E-state index contributed by atoms with van der Waals surface area (Å²) in [4.78, 5) is 4.09. The van der Waals surface area contributed by atoms with Gasteiger partial charge in [0.05, 0.1) is 6.33 Å². The molecule has 0 amide bonds. The molecule has 3 nitrogen and oxygen atoms in total. The van der Waals surface area contributed by atoms with E-state index in [0.717, 1.165) is 19.6 Å². The fraction of sp³-hybridized carbons (Fsp3) is 0.308. The fourth-order valence-corrected chi connectivity index (χ4v) is 1.65. The van der Waals surface area contributed by atoms with Crippen molar-refractivity contribution in [3.63, 3.8) is 0 Å². The summed E-state index contributed by atoms with van der Waals surface area (Å²) in [6, 6.07) is 10.4. The number of nitrogens with one attached hydrogen (secondary N) is 1. The SMILES string of the molecule is Cc1cncn1CCNCc1ccccc1. The van der Waals surface area contributed by atoms with Gasteiger partial charge < -0.3 is 9.88 Å². The number of aromatic nitrogens is 2. The van der Waals surface area contributed by atoms with E-state index in [-0.39, 0.29) is 0 Å². The Labute approximate surface area is 96.1 Å². The van der Waals surface area contributed by atoms with Gasteiger partial charge in [-0.15, -0.1) is 0 Å². The standard InChI is InChI=1S/C13H17N3/c1-12-9-15-11-16(12)8-7-14-10-13-5-3-2-4-6-13/h2-6,9,11,14H,7-8,10H2,1H3. The lowest BCUT2D eigenvalue weighted by molar-refractivity contribution is 0.589. The zero-order valence-electron chi connectivity index (χ0n) is 9.56. The number of aryl methyl sites for hydroxylation is 1. The average Bonchev–Trinajstić information content (AvgIpc) is 2.72. The number of benzene rings is 1. The van der Waals surface area contributed by atoms with E-state index in [0.29, 0.717) is 0 Å². The van der Waals surface area contributed by atoms with Crippen LogP contribution >= 0.6 is 0 Å². The van der Waals surface area contributed by atoms with Crippen LogP contribution in [0.3, 0.4) is 0 Å². The normalized spacial score (nSPS) is 10.6. The van der Waals surface area contributed by atoms with Crippen molar-refractivity contribution in [2.45, 2.75) is 20.0 Å². The highest BCUT2D eigenvalue weighted by atomic mass is 15.1. The van der Waals surface area contributed by atoms with Gasteiger partial charge in [0.1, 0.15) is 0 Å².